The van der Waals surface area contributed by atoms with Gasteiger partial charge in [-0.3, -0.25) is 4.79 Å². The van der Waals surface area contributed by atoms with Gasteiger partial charge in [-0.05, 0) is 47.5 Å². The van der Waals surface area contributed by atoms with Crippen LogP contribution >= 0.6 is 0 Å². The number of rotatable bonds is 4. The molecule has 6 nitrogen and oxygen atoms in total. The van der Waals surface area contributed by atoms with Crippen molar-refractivity contribution in [2.24, 2.45) is 5.92 Å². The zero-order valence-corrected chi connectivity index (χ0v) is 13.6. The Morgan fingerprint density at radius 3 is 2.52 bits per heavy atom. The van der Waals surface area contributed by atoms with Gasteiger partial charge in [-0.2, -0.15) is 0 Å². The van der Waals surface area contributed by atoms with Crippen LogP contribution in [0.3, 0.4) is 0 Å². The molecule has 0 spiro atoms. The molecule has 0 radical (unpaired) electrons. The van der Waals surface area contributed by atoms with Crippen molar-refractivity contribution >= 4 is 12.1 Å². The Balaban J connectivity index is 2.72. The molecule has 0 bridgehead atoms. The van der Waals surface area contributed by atoms with Crippen molar-refractivity contribution in [3.8, 4) is 0 Å². The highest BCUT2D eigenvalue weighted by atomic mass is 16.6. The summed E-state index contributed by atoms with van der Waals surface area (Å²) in [6.07, 6.45) is 0.0555. The lowest BCUT2D eigenvalue weighted by molar-refractivity contribution is -0.152. The minimum atomic E-state index is -0.945. The third-order valence-corrected chi connectivity index (χ3v) is 3.49. The molecule has 1 rings (SSSR count). The molecule has 0 saturated carbocycles. The predicted molar refractivity (Wildman–Crippen MR) is 77.8 cm³/mol. The van der Waals surface area contributed by atoms with Crippen molar-refractivity contribution in [2.75, 3.05) is 13.2 Å². The number of hydrogen-bond donors (Lipinski definition) is 1. The number of esters is 1. The number of carbonyl (C=O) groups excluding carboxylic acids is 2. The van der Waals surface area contributed by atoms with E-state index in [1.165, 1.54) is 4.90 Å². The van der Waals surface area contributed by atoms with Crippen LogP contribution in [0.2, 0.25) is 0 Å². The van der Waals surface area contributed by atoms with E-state index in [2.05, 4.69) is 0 Å². The van der Waals surface area contributed by atoms with Gasteiger partial charge >= 0.3 is 12.1 Å². The molecule has 0 aromatic carbocycles. The minimum Gasteiger partial charge on any atom is -0.466 e. The number of aliphatic hydroxyl groups is 1. The van der Waals surface area contributed by atoms with E-state index < -0.39 is 35.7 Å². The molecule has 1 amide bonds. The summed E-state index contributed by atoms with van der Waals surface area (Å²) in [7, 11) is 0. The Labute approximate surface area is 126 Å². The van der Waals surface area contributed by atoms with Crippen LogP contribution in [0.1, 0.15) is 47.5 Å². The summed E-state index contributed by atoms with van der Waals surface area (Å²) >= 11 is 0. The Kier molecular flexibility index (Phi) is 6.01. The van der Waals surface area contributed by atoms with Gasteiger partial charge in [-0.1, -0.05) is 0 Å². The van der Waals surface area contributed by atoms with E-state index in [9.17, 15) is 14.7 Å². The number of aliphatic hydroxyl groups excluding tert-OH is 1. The second-order valence-electron chi connectivity index (χ2n) is 6.41. The fraction of sp³-hybridized carbons (Fsp3) is 0.867. The topological polar surface area (TPSA) is 76.1 Å². The summed E-state index contributed by atoms with van der Waals surface area (Å²) in [6.45, 7) is 9.55. The van der Waals surface area contributed by atoms with Gasteiger partial charge in [-0.15, -0.1) is 0 Å². The smallest absolute Gasteiger partial charge is 0.410 e. The molecule has 0 aliphatic carbocycles. The third-order valence-electron chi connectivity index (χ3n) is 3.49. The van der Waals surface area contributed by atoms with Crippen molar-refractivity contribution in [2.45, 2.75) is 65.2 Å². The second-order valence-corrected chi connectivity index (χ2v) is 6.41. The molecule has 1 fully saturated rings. The van der Waals surface area contributed by atoms with Crippen LogP contribution in [-0.2, 0) is 14.3 Å². The maximum absolute atomic E-state index is 12.2. The largest absolute Gasteiger partial charge is 0.466 e. The monoisotopic (exact) mass is 301 g/mol. The average molecular weight is 301 g/mol. The molecule has 1 heterocycles. The van der Waals surface area contributed by atoms with Crippen LogP contribution in [0.4, 0.5) is 4.79 Å². The quantitative estimate of drug-likeness (QED) is 0.803. The van der Waals surface area contributed by atoms with Crippen LogP contribution in [0.5, 0.6) is 0 Å². The average Bonchev–Trinajstić information content (AvgIpc) is 2.84. The molecule has 21 heavy (non-hydrogen) atoms. The van der Waals surface area contributed by atoms with Gasteiger partial charge in [0, 0.05) is 6.54 Å². The lowest BCUT2D eigenvalue weighted by atomic mass is 9.96. The molecule has 3 atom stereocenters. The SMILES string of the molecule is CCOC(=O)C(C)C(O)C1CCCN1C(=O)OC(C)(C)C. The highest BCUT2D eigenvalue weighted by molar-refractivity contribution is 5.73. The molecule has 0 aromatic heterocycles. The minimum absolute atomic E-state index is 0.274. The number of nitrogens with zero attached hydrogens (tertiary/aromatic N) is 1. The van der Waals surface area contributed by atoms with Gasteiger partial charge in [0.2, 0.25) is 0 Å². The highest BCUT2D eigenvalue weighted by Gasteiger charge is 2.40. The van der Waals surface area contributed by atoms with E-state index >= 15 is 0 Å². The Morgan fingerprint density at radius 2 is 2.00 bits per heavy atom. The van der Waals surface area contributed by atoms with E-state index in [4.69, 9.17) is 9.47 Å². The molecule has 3 unspecified atom stereocenters. The summed E-state index contributed by atoms with van der Waals surface area (Å²) in [4.78, 5) is 25.4. The van der Waals surface area contributed by atoms with E-state index in [-0.39, 0.29) is 6.61 Å². The summed E-state index contributed by atoms with van der Waals surface area (Å²) in [5.74, 6) is -1.11. The van der Waals surface area contributed by atoms with Gasteiger partial charge in [0.25, 0.3) is 0 Å². The standard InChI is InChI=1S/C15H27NO5/c1-6-20-13(18)10(2)12(17)11-8-7-9-16(11)14(19)21-15(3,4)5/h10-12,17H,6-9H2,1-5H3. The third kappa shape index (κ3) is 4.88. The first kappa shape index (κ1) is 17.8. The lowest BCUT2D eigenvalue weighted by Gasteiger charge is -2.32. The van der Waals surface area contributed by atoms with Gasteiger partial charge in [0.1, 0.15) is 5.60 Å². The molecule has 1 N–H and O–H groups in total. The molecule has 6 heteroatoms. The van der Waals surface area contributed by atoms with E-state index in [1.54, 1.807) is 34.6 Å². The highest BCUT2D eigenvalue weighted by Crippen LogP contribution is 2.26. The van der Waals surface area contributed by atoms with Crippen LogP contribution in [0.15, 0.2) is 0 Å². The number of likely N-dealkylation sites (tertiary alicyclic amines) is 1. The van der Waals surface area contributed by atoms with Crippen molar-refractivity contribution in [3.63, 3.8) is 0 Å². The fourth-order valence-electron chi connectivity index (χ4n) is 2.44. The van der Waals surface area contributed by atoms with Gasteiger partial charge in [-0.25, -0.2) is 4.79 Å². The summed E-state index contributed by atoms with van der Waals surface area (Å²) in [5.41, 5.74) is -0.581. The van der Waals surface area contributed by atoms with Crippen molar-refractivity contribution in [1.29, 1.82) is 0 Å². The van der Waals surface area contributed by atoms with E-state index in [0.29, 0.717) is 13.0 Å². The Bertz CT molecular complexity index is 377. The fourth-order valence-corrected chi connectivity index (χ4v) is 2.44. The van der Waals surface area contributed by atoms with Gasteiger partial charge in [0.05, 0.1) is 24.7 Å². The number of carbonyl (C=O) groups is 2. The normalized spacial score (nSPS) is 21.8. The molecule has 1 saturated heterocycles. The lowest BCUT2D eigenvalue weighted by Crippen LogP contribution is -2.48. The maximum atomic E-state index is 12.2. The summed E-state index contributed by atoms with van der Waals surface area (Å²) in [5, 5.41) is 10.4. The number of hydrogen-bond acceptors (Lipinski definition) is 5. The van der Waals surface area contributed by atoms with Gasteiger partial charge in [0.15, 0.2) is 0 Å². The van der Waals surface area contributed by atoms with Crippen LogP contribution in [-0.4, -0.2) is 53.0 Å². The first-order valence-corrected chi connectivity index (χ1v) is 7.51. The predicted octanol–water partition coefficient (Wildman–Crippen LogP) is 1.95. The van der Waals surface area contributed by atoms with Crippen LogP contribution in [0, 0.1) is 5.92 Å². The first-order valence-electron chi connectivity index (χ1n) is 7.51. The number of ether oxygens (including phenoxy) is 2. The molecular weight excluding hydrogens is 274 g/mol. The summed E-state index contributed by atoms with van der Waals surface area (Å²) in [6, 6.07) is -0.403. The molecule has 1 aliphatic heterocycles. The molecule has 0 aromatic rings. The van der Waals surface area contributed by atoms with Crippen molar-refractivity contribution < 1.29 is 24.2 Å². The van der Waals surface area contributed by atoms with Crippen molar-refractivity contribution in [1.82, 2.24) is 4.90 Å². The maximum Gasteiger partial charge on any atom is 0.410 e. The van der Waals surface area contributed by atoms with E-state index in [0.717, 1.165) is 6.42 Å². The zero-order valence-electron chi connectivity index (χ0n) is 13.6. The zero-order chi connectivity index (χ0) is 16.2. The van der Waals surface area contributed by atoms with Gasteiger partial charge < -0.3 is 19.5 Å². The summed E-state index contributed by atoms with van der Waals surface area (Å²) < 4.78 is 10.3. The second kappa shape index (κ2) is 7.11. The van der Waals surface area contributed by atoms with Crippen molar-refractivity contribution in [3.05, 3.63) is 0 Å². The molecule has 1 aliphatic rings. The number of amides is 1. The van der Waals surface area contributed by atoms with Crippen LogP contribution in [0.25, 0.3) is 0 Å². The van der Waals surface area contributed by atoms with Crippen LogP contribution < -0.4 is 0 Å². The first-order chi connectivity index (χ1) is 9.67. The molecule has 122 valence electrons. The molecular formula is C15H27NO5. The van der Waals surface area contributed by atoms with E-state index in [1.807, 2.05) is 0 Å². The Morgan fingerprint density at radius 1 is 1.38 bits per heavy atom. The Hall–Kier alpha value is -1.30.